The molecule has 4 nitrogen and oxygen atoms in total. The summed E-state index contributed by atoms with van der Waals surface area (Å²) in [5.41, 5.74) is -1.18. The summed E-state index contributed by atoms with van der Waals surface area (Å²) < 4.78 is 62.5. The molecule has 0 radical (unpaired) electrons. The maximum absolute atomic E-state index is 13.2. The lowest BCUT2D eigenvalue weighted by molar-refractivity contribution is 0.0862. The highest BCUT2D eigenvalue weighted by atomic mass is 32.2. The van der Waals surface area contributed by atoms with Crippen LogP contribution in [0, 0.1) is 11.7 Å². The highest BCUT2D eigenvalue weighted by Gasteiger charge is 2.37. The number of benzene rings is 1. The molecule has 0 bridgehead atoms. The summed E-state index contributed by atoms with van der Waals surface area (Å²) in [6, 6.07) is 2.43. The van der Waals surface area contributed by atoms with Gasteiger partial charge >= 0.3 is 0 Å². The fraction of sp³-hybridized carbons (Fsp3) is 0.417. The lowest BCUT2D eigenvalue weighted by atomic mass is 10.1. The van der Waals surface area contributed by atoms with E-state index in [0.29, 0.717) is 10.4 Å². The van der Waals surface area contributed by atoms with Gasteiger partial charge in [0.1, 0.15) is 5.82 Å². The van der Waals surface area contributed by atoms with Crippen molar-refractivity contribution in [1.29, 1.82) is 0 Å². The molecule has 0 aliphatic carbocycles. The van der Waals surface area contributed by atoms with Gasteiger partial charge in [0.05, 0.1) is 11.3 Å². The molecule has 1 aromatic carbocycles. The van der Waals surface area contributed by atoms with Crippen LogP contribution in [-0.4, -0.2) is 30.9 Å². The zero-order chi connectivity index (χ0) is 15.1. The monoisotopic (exact) mass is 307 g/mol. The van der Waals surface area contributed by atoms with Gasteiger partial charge in [-0.15, -0.1) is 0 Å². The Kier molecular flexibility index (Phi) is 3.77. The molecule has 1 fully saturated rings. The molecular weight excluding hydrogens is 295 g/mol. The second-order valence-corrected chi connectivity index (χ2v) is 6.69. The van der Waals surface area contributed by atoms with Gasteiger partial charge < -0.3 is 0 Å². The second-order valence-electron chi connectivity index (χ2n) is 4.76. The van der Waals surface area contributed by atoms with Crippen LogP contribution < -0.4 is 0 Å². The highest BCUT2D eigenvalue weighted by molar-refractivity contribution is 7.89. The summed E-state index contributed by atoms with van der Waals surface area (Å²) in [6.45, 7) is 1.67. The van der Waals surface area contributed by atoms with Crippen molar-refractivity contribution in [3.05, 3.63) is 35.1 Å². The Labute approximate surface area is 114 Å². The van der Waals surface area contributed by atoms with Crippen LogP contribution in [0.5, 0.6) is 0 Å². The van der Waals surface area contributed by atoms with E-state index < -0.39 is 33.7 Å². The third-order valence-corrected chi connectivity index (χ3v) is 4.99. The van der Waals surface area contributed by atoms with Crippen LogP contribution in [0.3, 0.4) is 0 Å². The lowest BCUT2D eigenvalue weighted by Crippen LogP contribution is -2.32. The molecular formula is C12H12F3NO3S. The average molecular weight is 307 g/mol. The van der Waals surface area contributed by atoms with E-state index in [4.69, 9.17) is 0 Å². The van der Waals surface area contributed by atoms with E-state index in [0.717, 1.165) is 12.1 Å². The maximum Gasteiger partial charge on any atom is 0.267 e. The number of carbonyl (C=O) groups excluding carboxylic acids is 1. The van der Waals surface area contributed by atoms with Crippen LogP contribution in [0.1, 0.15) is 29.3 Å². The highest BCUT2D eigenvalue weighted by Crippen LogP contribution is 2.26. The molecule has 0 saturated carbocycles. The Bertz CT molecular complexity index is 645. The van der Waals surface area contributed by atoms with Crippen molar-refractivity contribution < 1.29 is 26.4 Å². The molecule has 1 aliphatic rings. The number of alkyl halides is 2. The molecule has 0 aromatic heterocycles. The molecule has 1 heterocycles. The van der Waals surface area contributed by atoms with Gasteiger partial charge in [-0.05, 0) is 24.1 Å². The number of amides is 1. The van der Waals surface area contributed by atoms with Gasteiger partial charge in [0.15, 0.2) is 0 Å². The van der Waals surface area contributed by atoms with Crippen molar-refractivity contribution >= 4 is 15.9 Å². The molecule has 0 spiro atoms. The van der Waals surface area contributed by atoms with E-state index in [1.807, 2.05) is 0 Å². The van der Waals surface area contributed by atoms with Gasteiger partial charge in [0.25, 0.3) is 12.3 Å². The van der Waals surface area contributed by atoms with E-state index in [2.05, 4.69) is 0 Å². The quantitative estimate of drug-likeness (QED) is 0.841. The summed E-state index contributed by atoms with van der Waals surface area (Å²) in [7, 11) is -3.72. The Morgan fingerprint density at radius 3 is 2.55 bits per heavy atom. The van der Waals surface area contributed by atoms with E-state index >= 15 is 0 Å². The number of halogens is 3. The molecule has 1 aliphatic heterocycles. The van der Waals surface area contributed by atoms with E-state index in [1.54, 1.807) is 6.92 Å². The predicted octanol–water partition coefficient (Wildman–Crippen LogP) is 2.18. The summed E-state index contributed by atoms with van der Waals surface area (Å²) in [5, 5.41) is 0. The Morgan fingerprint density at radius 2 is 2.05 bits per heavy atom. The normalized spacial score (nSPS) is 21.4. The third kappa shape index (κ3) is 2.65. The van der Waals surface area contributed by atoms with Crippen LogP contribution in [0.15, 0.2) is 18.2 Å². The minimum Gasteiger partial charge on any atom is -0.268 e. The van der Waals surface area contributed by atoms with Crippen molar-refractivity contribution in [1.82, 2.24) is 4.31 Å². The molecule has 1 aromatic rings. The van der Waals surface area contributed by atoms with Gasteiger partial charge in [0.2, 0.25) is 10.0 Å². The molecule has 1 amide bonds. The Hall–Kier alpha value is -1.57. The molecule has 20 heavy (non-hydrogen) atoms. The minimum absolute atomic E-state index is 0.00253. The van der Waals surface area contributed by atoms with Gasteiger partial charge in [-0.3, -0.25) is 4.79 Å². The summed E-state index contributed by atoms with van der Waals surface area (Å²) in [4.78, 5) is 12.1. The van der Waals surface area contributed by atoms with Gasteiger partial charge in [0, 0.05) is 12.1 Å². The molecule has 110 valence electrons. The first kappa shape index (κ1) is 14.8. The molecule has 0 N–H and O–H groups in total. The minimum atomic E-state index is -3.72. The zero-order valence-corrected chi connectivity index (χ0v) is 11.3. The van der Waals surface area contributed by atoms with Crippen LogP contribution >= 0.6 is 0 Å². The number of rotatable bonds is 2. The van der Waals surface area contributed by atoms with Crippen molar-refractivity contribution in [2.75, 3.05) is 12.3 Å². The molecule has 2 rings (SSSR count). The lowest BCUT2D eigenvalue weighted by Gasteiger charge is -2.15. The van der Waals surface area contributed by atoms with Gasteiger partial charge in [-0.25, -0.2) is 25.9 Å². The molecule has 8 heteroatoms. The van der Waals surface area contributed by atoms with E-state index in [9.17, 15) is 26.4 Å². The van der Waals surface area contributed by atoms with Crippen molar-refractivity contribution in [2.24, 2.45) is 5.92 Å². The average Bonchev–Trinajstić information content (AvgIpc) is 2.61. The Balaban J connectivity index is 2.37. The second kappa shape index (κ2) is 5.08. The Morgan fingerprint density at radius 1 is 1.40 bits per heavy atom. The first-order valence-electron chi connectivity index (χ1n) is 5.84. The fourth-order valence-corrected chi connectivity index (χ4v) is 3.94. The molecule has 1 atom stereocenters. The van der Waals surface area contributed by atoms with Crippen LogP contribution in [-0.2, 0) is 10.0 Å². The SMILES string of the molecule is CC1CN(C(=O)c2ccc(F)c(C(F)F)c2)S(=O)(=O)C1. The van der Waals surface area contributed by atoms with Crippen LogP contribution in [0.4, 0.5) is 13.2 Å². The predicted molar refractivity (Wildman–Crippen MR) is 65.3 cm³/mol. The van der Waals surface area contributed by atoms with Crippen molar-refractivity contribution in [3.63, 3.8) is 0 Å². The largest absolute Gasteiger partial charge is 0.268 e. The van der Waals surface area contributed by atoms with Crippen LogP contribution in [0.25, 0.3) is 0 Å². The van der Waals surface area contributed by atoms with Gasteiger partial charge in [-0.1, -0.05) is 6.92 Å². The zero-order valence-electron chi connectivity index (χ0n) is 10.5. The number of hydrogen-bond donors (Lipinski definition) is 0. The first-order valence-corrected chi connectivity index (χ1v) is 7.45. The van der Waals surface area contributed by atoms with Gasteiger partial charge in [-0.2, -0.15) is 0 Å². The number of nitrogens with zero attached hydrogens (tertiary/aromatic N) is 1. The van der Waals surface area contributed by atoms with Crippen molar-refractivity contribution in [2.45, 2.75) is 13.3 Å². The van der Waals surface area contributed by atoms with E-state index in [-0.39, 0.29) is 23.8 Å². The molecule has 1 unspecified atom stereocenters. The maximum atomic E-state index is 13.2. The summed E-state index contributed by atoms with van der Waals surface area (Å²) >= 11 is 0. The summed E-state index contributed by atoms with van der Waals surface area (Å²) in [6.07, 6.45) is -3.07. The topological polar surface area (TPSA) is 54.5 Å². The smallest absolute Gasteiger partial charge is 0.267 e. The van der Waals surface area contributed by atoms with E-state index in [1.165, 1.54) is 0 Å². The third-order valence-electron chi connectivity index (χ3n) is 3.01. The first-order chi connectivity index (χ1) is 9.22. The number of carbonyl (C=O) groups is 1. The van der Waals surface area contributed by atoms with Crippen LogP contribution in [0.2, 0.25) is 0 Å². The molecule has 1 saturated heterocycles. The fourth-order valence-electron chi connectivity index (χ4n) is 2.10. The standard InChI is InChI=1S/C12H12F3NO3S/c1-7-5-16(20(18,19)6-7)12(17)8-2-3-10(13)9(4-8)11(14)15/h2-4,7,11H,5-6H2,1H3. The summed E-state index contributed by atoms with van der Waals surface area (Å²) in [5.74, 6) is -2.42. The number of sulfonamides is 1. The number of hydrogen-bond acceptors (Lipinski definition) is 3. The van der Waals surface area contributed by atoms with Crippen molar-refractivity contribution in [3.8, 4) is 0 Å².